The highest BCUT2D eigenvalue weighted by Crippen LogP contribution is 2.22. The molecule has 0 spiro atoms. The molecule has 3 rings (SSSR count). The van der Waals surface area contributed by atoms with Gasteiger partial charge >= 0.3 is 0 Å². The van der Waals surface area contributed by atoms with Crippen molar-refractivity contribution in [1.29, 1.82) is 0 Å². The molecule has 0 radical (unpaired) electrons. The summed E-state index contributed by atoms with van der Waals surface area (Å²) in [6.45, 7) is 2.16. The summed E-state index contributed by atoms with van der Waals surface area (Å²) in [5, 5.41) is 8.48. The molecule has 2 N–H and O–H groups in total. The normalized spacial score (nSPS) is 10.5. The van der Waals surface area contributed by atoms with E-state index in [0.717, 1.165) is 10.7 Å². The van der Waals surface area contributed by atoms with Gasteiger partial charge in [-0.15, -0.1) is 11.3 Å². The third-order valence-electron chi connectivity index (χ3n) is 3.65. The first kappa shape index (κ1) is 19.0. The van der Waals surface area contributed by atoms with Gasteiger partial charge in [-0.2, -0.15) is 0 Å². The Hall–Kier alpha value is -2.77. The van der Waals surface area contributed by atoms with Gasteiger partial charge in [-0.25, -0.2) is 9.37 Å². The van der Waals surface area contributed by atoms with Crippen molar-refractivity contribution in [2.24, 2.45) is 0 Å². The number of rotatable bonds is 5. The summed E-state index contributed by atoms with van der Waals surface area (Å²) in [7, 11) is 0. The minimum absolute atomic E-state index is 0.265. The standard InChI is InChI=1S/C19H15ClFN3O2S/c1-11-10-27-17(23-11)9-22-19(26)15-7-4-13(20)8-16(15)24-18(25)12-2-5-14(21)6-3-12/h2-8,10H,9H2,1H3,(H,22,26)(H,24,25). The molecule has 138 valence electrons. The molecule has 0 aliphatic heterocycles. The molecule has 2 amide bonds. The Morgan fingerprint density at radius 3 is 2.56 bits per heavy atom. The van der Waals surface area contributed by atoms with Crippen molar-refractivity contribution in [2.45, 2.75) is 13.5 Å². The number of thiazole rings is 1. The van der Waals surface area contributed by atoms with Crippen LogP contribution in [0.15, 0.2) is 47.8 Å². The summed E-state index contributed by atoms with van der Waals surface area (Å²) >= 11 is 7.46. The number of aryl methyl sites for hydroxylation is 1. The molecule has 5 nitrogen and oxygen atoms in total. The van der Waals surface area contributed by atoms with Crippen LogP contribution in [0.5, 0.6) is 0 Å². The summed E-state index contributed by atoms with van der Waals surface area (Å²) in [5.41, 5.74) is 1.69. The first-order chi connectivity index (χ1) is 12.9. The Morgan fingerprint density at radius 2 is 1.89 bits per heavy atom. The maximum absolute atomic E-state index is 13.0. The molecular weight excluding hydrogens is 389 g/mol. The highest BCUT2D eigenvalue weighted by Gasteiger charge is 2.15. The molecule has 0 saturated heterocycles. The molecule has 1 heterocycles. The topological polar surface area (TPSA) is 71.1 Å². The van der Waals surface area contributed by atoms with E-state index in [1.54, 1.807) is 6.07 Å². The van der Waals surface area contributed by atoms with Gasteiger partial charge in [-0.1, -0.05) is 11.6 Å². The molecule has 0 aliphatic rings. The molecule has 8 heteroatoms. The van der Waals surface area contributed by atoms with Gasteiger partial charge in [-0.3, -0.25) is 9.59 Å². The largest absolute Gasteiger partial charge is 0.345 e. The van der Waals surface area contributed by atoms with Crippen molar-refractivity contribution in [3.63, 3.8) is 0 Å². The second-order valence-electron chi connectivity index (χ2n) is 5.72. The summed E-state index contributed by atoms with van der Waals surface area (Å²) < 4.78 is 13.0. The number of halogens is 2. The van der Waals surface area contributed by atoms with Crippen molar-refractivity contribution in [2.75, 3.05) is 5.32 Å². The molecule has 0 aliphatic carbocycles. The molecule has 27 heavy (non-hydrogen) atoms. The molecule has 0 saturated carbocycles. The Morgan fingerprint density at radius 1 is 1.15 bits per heavy atom. The van der Waals surface area contributed by atoms with E-state index in [2.05, 4.69) is 15.6 Å². The Labute approximate surface area is 164 Å². The monoisotopic (exact) mass is 403 g/mol. The molecular formula is C19H15ClFN3O2S. The smallest absolute Gasteiger partial charge is 0.255 e. The zero-order valence-electron chi connectivity index (χ0n) is 14.3. The molecule has 0 fully saturated rings. The molecule has 0 atom stereocenters. The van der Waals surface area contributed by atoms with Gasteiger partial charge in [0.05, 0.1) is 17.8 Å². The third kappa shape index (κ3) is 4.90. The SMILES string of the molecule is Cc1csc(CNC(=O)c2ccc(Cl)cc2NC(=O)c2ccc(F)cc2)n1. The van der Waals surface area contributed by atoms with Gasteiger partial charge < -0.3 is 10.6 Å². The van der Waals surface area contributed by atoms with Crippen molar-refractivity contribution in [3.8, 4) is 0 Å². The van der Waals surface area contributed by atoms with E-state index >= 15 is 0 Å². The van der Waals surface area contributed by atoms with Crippen molar-refractivity contribution in [3.05, 3.63) is 80.5 Å². The maximum atomic E-state index is 13.0. The predicted octanol–water partition coefficient (Wildman–Crippen LogP) is 4.43. The quantitative estimate of drug-likeness (QED) is 0.662. The average molecular weight is 404 g/mol. The van der Waals surface area contributed by atoms with Gasteiger partial charge in [0, 0.05) is 21.7 Å². The Balaban J connectivity index is 1.76. The number of hydrogen-bond acceptors (Lipinski definition) is 4. The average Bonchev–Trinajstić information content (AvgIpc) is 3.05. The van der Waals surface area contributed by atoms with Crippen LogP contribution in [-0.2, 0) is 6.54 Å². The van der Waals surface area contributed by atoms with Crippen molar-refractivity contribution >= 4 is 40.4 Å². The van der Waals surface area contributed by atoms with Crippen LogP contribution in [0.2, 0.25) is 5.02 Å². The molecule has 1 aromatic heterocycles. The number of nitrogens with zero attached hydrogens (tertiary/aromatic N) is 1. The summed E-state index contributed by atoms with van der Waals surface area (Å²) in [5.74, 6) is -1.28. The minimum Gasteiger partial charge on any atom is -0.345 e. The van der Waals surface area contributed by atoms with Gasteiger partial charge in [-0.05, 0) is 49.4 Å². The van der Waals surface area contributed by atoms with E-state index in [9.17, 15) is 14.0 Å². The first-order valence-corrected chi connectivity index (χ1v) is 9.24. The second-order valence-corrected chi connectivity index (χ2v) is 7.10. The number of aromatic nitrogens is 1. The summed E-state index contributed by atoms with van der Waals surface area (Å²) in [4.78, 5) is 29.2. The lowest BCUT2D eigenvalue weighted by atomic mass is 10.1. The zero-order valence-corrected chi connectivity index (χ0v) is 15.8. The predicted molar refractivity (Wildman–Crippen MR) is 104 cm³/mol. The lowest BCUT2D eigenvalue weighted by molar-refractivity contribution is 0.0951. The van der Waals surface area contributed by atoms with Crippen LogP contribution in [0.25, 0.3) is 0 Å². The molecule has 0 bridgehead atoms. The van der Waals surface area contributed by atoms with Gasteiger partial charge in [0.25, 0.3) is 11.8 Å². The first-order valence-electron chi connectivity index (χ1n) is 7.98. The Kier molecular flexibility index (Phi) is 5.83. The van der Waals surface area contributed by atoms with Crippen LogP contribution in [0.1, 0.15) is 31.4 Å². The van der Waals surface area contributed by atoms with Crippen LogP contribution in [0.3, 0.4) is 0 Å². The summed E-state index contributed by atoms with van der Waals surface area (Å²) in [6.07, 6.45) is 0. The number of carbonyl (C=O) groups excluding carboxylic acids is 2. The summed E-state index contributed by atoms with van der Waals surface area (Å²) in [6, 6.07) is 9.70. The number of benzene rings is 2. The fourth-order valence-corrected chi connectivity index (χ4v) is 3.23. The number of anilines is 1. The molecule has 3 aromatic rings. The molecule has 2 aromatic carbocycles. The number of carbonyl (C=O) groups is 2. The van der Waals surface area contributed by atoms with Crippen LogP contribution in [0.4, 0.5) is 10.1 Å². The Bertz CT molecular complexity index is 989. The highest BCUT2D eigenvalue weighted by molar-refractivity contribution is 7.09. The zero-order chi connectivity index (χ0) is 19.4. The van der Waals surface area contributed by atoms with Gasteiger partial charge in [0.1, 0.15) is 10.8 Å². The minimum atomic E-state index is -0.470. The van der Waals surface area contributed by atoms with Crippen LogP contribution < -0.4 is 10.6 Å². The number of nitrogens with one attached hydrogen (secondary N) is 2. The van der Waals surface area contributed by atoms with E-state index < -0.39 is 11.7 Å². The number of hydrogen-bond donors (Lipinski definition) is 2. The van der Waals surface area contributed by atoms with E-state index in [0.29, 0.717) is 5.02 Å². The van der Waals surface area contributed by atoms with Crippen molar-refractivity contribution in [1.82, 2.24) is 10.3 Å². The van der Waals surface area contributed by atoms with Crippen molar-refractivity contribution < 1.29 is 14.0 Å². The van der Waals surface area contributed by atoms with Crippen LogP contribution in [-0.4, -0.2) is 16.8 Å². The fourth-order valence-electron chi connectivity index (χ4n) is 2.35. The fraction of sp³-hybridized carbons (Fsp3) is 0.105. The van der Waals surface area contributed by atoms with Gasteiger partial charge in [0.15, 0.2) is 0 Å². The maximum Gasteiger partial charge on any atom is 0.255 e. The highest BCUT2D eigenvalue weighted by atomic mass is 35.5. The lowest BCUT2D eigenvalue weighted by Crippen LogP contribution is -2.25. The van der Waals surface area contributed by atoms with Crippen LogP contribution >= 0.6 is 22.9 Å². The van der Waals surface area contributed by atoms with Crippen LogP contribution in [0, 0.1) is 12.7 Å². The van der Waals surface area contributed by atoms with E-state index in [1.807, 2.05) is 12.3 Å². The van der Waals surface area contributed by atoms with E-state index in [1.165, 1.54) is 47.7 Å². The third-order valence-corrected chi connectivity index (χ3v) is 4.85. The lowest BCUT2D eigenvalue weighted by Gasteiger charge is -2.12. The number of amides is 2. The second kappa shape index (κ2) is 8.28. The van der Waals surface area contributed by atoms with Gasteiger partial charge in [0.2, 0.25) is 0 Å². The van der Waals surface area contributed by atoms with E-state index in [-0.39, 0.29) is 29.3 Å². The molecule has 0 unspecified atom stereocenters. The van der Waals surface area contributed by atoms with E-state index in [4.69, 9.17) is 11.6 Å².